The smallest absolute Gasteiger partial charge is 0.407 e. The molecule has 0 fully saturated rings. The molecule has 0 aliphatic heterocycles. The van der Waals surface area contributed by atoms with E-state index < -0.39 is 70.3 Å². The highest BCUT2D eigenvalue weighted by molar-refractivity contribution is 7.90. The van der Waals surface area contributed by atoms with E-state index in [9.17, 15) is 37.2 Å². The van der Waals surface area contributed by atoms with Crippen LogP contribution >= 0.6 is 12.6 Å². The monoisotopic (exact) mass is 806 g/mol. The SMILES string of the molecule is CCCCc1ccnc(C(=O)NS(=O)(=O)c2ccc(CCNC(=O)[C@H](CS)NC(=O)[C@H](CC(C)C)NC(=O)[C@H](CCC(=O)O)NC(=O)OCC(C)C)cc2)c1. The zero-order valence-corrected chi connectivity index (χ0v) is 33.6. The number of ether oxygens (including phenoxy) is 1. The summed E-state index contributed by atoms with van der Waals surface area (Å²) in [5.74, 6) is -4.19. The van der Waals surface area contributed by atoms with E-state index in [-0.39, 0.29) is 54.2 Å². The summed E-state index contributed by atoms with van der Waals surface area (Å²) in [7, 11) is -4.19. The Kier molecular flexibility index (Phi) is 19.6. The lowest BCUT2D eigenvalue weighted by Crippen LogP contribution is -2.57. The number of aromatic nitrogens is 1. The van der Waals surface area contributed by atoms with Crippen LogP contribution in [0.15, 0.2) is 47.5 Å². The van der Waals surface area contributed by atoms with Gasteiger partial charge in [0.25, 0.3) is 15.9 Å². The summed E-state index contributed by atoms with van der Waals surface area (Å²) in [6.45, 7) is 9.54. The van der Waals surface area contributed by atoms with Crippen molar-refractivity contribution >= 4 is 58.3 Å². The Hall–Kier alpha value is -4.71. The second-order valence-corrected chi connectivity index (χ2v) is 15.9. The molecule has 0 saturated heterocycles. The van der Waals surface area contributed by atoms with Gasteiger partial charge in [-0.3, -0.25) is 29.0 Å². The van der Waals surface area contributed by atoms with Gasteiger partial charge in [0.1, 0.15) is 23.8 Å². The number of hydrogen-bond donors (Lipinski definition) is 7. The largest absolute Gasteiger partial charge is 0.481 e. The lowest BCUT2D eigenvalue weighted by Gasteiger charge is -2.25. The van der Waals surface area contributed by atoms with Crippen LogP contribution in [0, 0.1) is 11.8 Å². The molecule has 1 aromatic heterocycles. The molecule has 2 aromatic rings. The second-order valence-electron chi connectivity index (χ2n) is 13.8. The van der Waals surface area contributed by atoms with Gasteiger partial charge in [0, 0.05) is 24.9 Å². The van der Waals surface area contributed by atoms with E-state index >= 15 is 0 Å². The van der Waals surface area contributed by atoms with Crippen LogP contribution in [0.1, 0.15) is 88.3 Å². The first-order valence-corrected chi connectivity index (χ1v) is 20.3. The number of unbranched alkanes of at least 4 members (excludes halogenated alkanes) is 1. The molecule has 6 N–H and O–H groups in total. The van der Waals surface area contributed by atoms with E-state index in [1.54, 1.807) is 24.3 Å². The van der Waals surface area contributed by atoms with E-state index in [0.717, 1.165) is 24.8 Å². The number of amides is 5. The summed E-state index contributed by atoms with van der Waals surface area (Å²) in [5.41, 5.74) is 1.56. The normalized spacial score (nSPS) is 12.9. The molecule has 0 unspecified atom stereocenters. The zero-order valence-electron chi connectivity index (χ0n) is 31.9. The maximum absolute atomic E-state index is 13.4. The molecule has 16 nitrogen and oxygen atoms in total. The molecule has 0 bridgehead atoms. The number of aryl methyl sites for hydroxylation is 1. The molecule has 304 valence electrons. The van der Waals surface area contributed by atoms with Gasteiger partial charge in [-0.15, -0.1) is 0 Å². The summed E-state index contributed by atoms with van der Waals surface area (Å²) < 4.78 is 32.9. The minimum atomic E-state index is -4.19. The molecule has 0 aliphatic rings. The molecular formula is C37H54N6O10S2. The van der Waals surface area contributed by atoms with Crippen molar-refractivity contribution in [2.45, 2.75) is 103 Å². The fraction of sp³-hybridized carbons (Fsp3) is 0.541. The van der Waals surface area contributed by atoms with Crippen molar-refractivity contribution in [1.82, 2.24) is 31.0 Å². The van der Waals surface area contributed by atoms with Crippen LogP contribution in [-0.4, -0.2) is 91.2 Å². The lowest BCUT2D eigenvalue weighted by molar-refractivity contribution is -0.137. The number of carbonyl (C=O) groups excluding carboxylic acids is 5. The molecule has 0 saturated carbocycles. The minimum Gasteiger partial charge on any atom is -0.481 e. The molecule has 1 aromatic carbocycles. The fourth-order valence-corrected chi connectivity index (χ4v) is 6.28. The second kappa shape index (κ2) is 23.3. The number of carbonyl (C=O) groups is 6. The molecule has 0 radical (unpaired) electrons. The fourth-order valence-electron chi connectivity index (χ4n) is 5.06. The molecular weight excluding hydrogens is 753 g/mol. The van der Waals surface area contributed by atoms with Gasteiger partial charge in [-0.25, -0.2) is 17.9 Å². The summed E-state index contributed by atoms with van der Waals surface area (Å²) in [6.07, 6.45) is 2.98. The van der Waals surface area contributed by atoms with E-state index in [1.807, 2.05) is 39.3 Å². The topological polar surface area (TPSA) is 239 Å². The number of benzene rings is 1. The van der Waals surface area contributed by atoms with Gasteiger partial charge in [0.2, 0.25) is 17.7 Å². The quantitative estimate of drug-likeness (QED) is 0.0806. The maximum atomic E-state index is 13.4. The highest BCUT2D eigenvalue weighted by atomic mass is 32.2. The van der Waals surface area contributed by atoms with Crippen LogP contribution in [0.2, 0.25) is 0 Å². The average molecular weight is 807 g/mol. The number of carboxylic acids is 1. The Bertz CT molecular complexity index is 1720. The molecule has 0 spiro atoms. The number of rotatable bonds is 23. The highest BCUT2D eigenvalue weighted by Gasteiger charge is 2.30. The van der Waals surface area contributed by atoms with E-state index in [1.165, 1.54) is 18.3 Å². The van der Waals surface area contributed by atoms with Gasteiger partial charge in [-0.2, -0.15) is 12.6 Å². The predicted molar refractivity (Wildman–Crippen MR) is 208 cm³/mol. The third kappa shape index (κ3) is 17.1. The van der Waals surface area contributed by atoms with Gasteiger partial charge in [-0.05, 0) is 79.3 Å². The number of nitrogens with zero attached hydrogens (tertiary/aromatic N) is 1. The Morgan fingerprint density at radius 1 is 0.836 bits per heavy atom. The van der Waals surface area contributed by atoms with E-state index in [4.69, 9.17) is 9.84 Å². The predicted octanol–water partition coefficient (Wildman–Crippen LogP) is 2.76. The molecule has 0 aliphatic carbocycles. The van der Waals surface area contributed by atoms with Gasteiger partial charge in [0.15, 0.2) is 0 Å². The number of pyridine rings is 1. The average Bonchev–Trinajstić information content (AvgIpc) is 3.13. The van der Waals surface area contributed by atoms with Crippen molar-refractivity contribution in [1.29, 1.82) is 0 Å². The van der Waals surface area contributed by atoms with Crippen molar-refractivity contribution in [3.63, 3.8) is 0 Å². The summed E-state index contributed by atoms with van der Waals surface area (Å²) in [5, 5.41) is 19.4. The number of aliphatic carboxylic acids is 1. The molecule has 2 rings (SSSR count). The first kappa shape index (κ1) is 46.4. The number of carboxylic acid groups (broad SMARTS) is 1. The maximum Gasteiger partial charge on any atom is 0.407 e. The molecule has 18 heteroatoms. The van der Waals surface area contributed by atoms with Crippen LogP contribution in [0.5, 0.6) is 0 Å². The summed E-state index contributed by atoms with van der Waals surface area (Å²) >= 11 is 4.21. The van der Waals surface area contributed by atoms with Crippen molar-refractivity contribution in [2.24, 2.45) is 11.8 Å². The van der Waals surface area contributed by atoms with Gasteiger partial charge in [0.05, 0.1) is 11.5 Å². The number of nitrogens with one attached hydrogen (secondary N) is 5. The molecule has 5 amide bonds. The van der Waals surface area contributed by atoms with E-state index in [2.05, 4.69) is 38.9 Å². The Morgan fingerprint density at radius 3 is 2.09 bits per heavy atom. The van der Waals surface area contributed by atoms with Crippen molar-refractivity contribution in [3.05, 3.63) is 59.4 Å². The molecule has 55 heavy (non-hydrogen) atoms. The Labute approximate surface area is 328 Å². The van der Waals surface area contributed by atoms with Crippen LogP contribution in [0.25, 0.3) is 0 Å². The van der Waals surface area contributed by atoms with Crippen molar-refractivity contribution in [2.75, 3.05) is 18.9 Å². The van der Waals surface area contributed by atoms with Crippen LogP contribution in [0.3, 0.4) is 0 Å². The molecule has 1 heterocycles. The van der Waals surface area contributed by atoms with Crippen LogP contribution < -0.4 is 26.0 Å². The van der Waals surface area contributed by atoms with Crippen LogP contribution in [-0.2, 0) is 46.8 Å². The minimum absolute atomic E-state index is 0.00417. The van der Waals surface area contributed by atoms with Gasteiger partial charge in [-0.1, -0.05) is 53.2 Å². The van der Waals surface area contributed by atoms with Crippen molar-refractivity contribution < 1.29 is 47.0 Å². The highest BCUT2D eigenvalue weighted by Crippen LogP contribution is 2.13. The Balaban J connectivity index is 1.99. The van der Waals surface area contributed by atoms with E-state index in [0.29, 0.717) is 12.0 Å². The standard InChI is InChI=1S/C37H54N6O10S2/c1-6-7-8-26-16-17-38-29(20-26)36(49)43-55(51,52)27-11-9-25(10-12-27)15-18-39-33(46)31(22-54)41-35(48)30(19-23(2)3)40-34(47)28(13-14-32(44)45)42-37(50)53-21-24(4)5/h9-12,16-17,20,23-24,28,30-31,54H,6-8,13-15,18-19,21-22H2,1-5H3,(H,39,46)(H,40,47)(H,41,48)(H,42,50)(H,43,49)(H,44,45)/t28-,30-,31-/m0/s1. The van der Waals surface area contributed by atoms with Crippen LogP contribution in [0.4, 0.5) is 4.79 Å². The number of thiol groups is 1. The summed E-state index contributed by atoms with van der Waals surface area (Å²) in [6, 6.07) is 5.61. The van der Waals surface area contributed by atoms with Gasteiger partial charge < -0.3 is 31.1 Å². The first-order chi connectivity index (χ1) is 25.9. The van der Waals surface area contributed by atoms with Gasteiger partial charge >= 0.3 is 12.1 Å². The molecule has 3 atom stereocenters. The lowest BCUT2D eigenvalue weighted by atomic mass is 10.0. The first-order valence-electron chi connectivity index (χ1n) is 18.2. The third-order valence-electron chi connectivity index (χ3n) is 8.01. The third-order valence-corrected chi connectivity index (χ3v) is 9.72. The zero-order chi connectivity index (χ0) is 41.1. The van der Waals surface area contributed by atoms with Crippen molar-refractivity contribution in [3.8, 4) is 0 Å². The number of hydrogen-bond acceptors (Lipinski definition) is 11. The number of sulfonamides is 1. The number of alkyl carbamates (subject to hydrolysis) is 1. The Morgan fingerprint density at radius 2 is 1.49 bits per heavy atom. The summed E-state index contributed by atoms with van der Waals surface area (Å²) in [4.78, 5) is 79.6.